The maximum Gasteiger partial charge on any atom is 0.0898 e. The molecule has 0 fully saturated rings. The zero-order chi connectivity index (χ0) is 43.4. The van der Waals surface area contributed by atoms with E-state index >= 15 is 0 Å². The Morgan fingerprint density at radius 2 is 0.954 bits per heavy atom. The van der Waals surface area contributed by atoms with Crippen molar-refractivity contribution in [1.82, 2.24) is 0 Å². The van der Waals surface area contributed by atoms with E-state index in [9.17, 15) is 0 Å². The summed E-state index contributed by atoms with van der Waals surface area (Å²) in [4.78, 5) is 2.84. The Morgan fingerprint density at radius 3 is 1.62 bits per heavy atom. The Balaban J connectivity index is 1.16. The van der Waals surface area contributed by atoms with Crippen LogP contribution in [0.5, 0.6) is 0 Å². The number of allylic oxidation sites excluding steroid dienone is 4. The summed E-state index contributed by atoms with van der Waals surface area (Å²) < 4.78 is 0. The second-order valence-electron chi connectivity index (χ2n) is 19.6. The van der Waals surface area contributed by atoms with Crippen LogP contribution in [-0.2, 0) is 10.8 Å². The minimum atomic E-state index is -0.567. The second-order valence-corrected chi connectivity index (χ2v) is 19.6. The van der Waals surface area contributed by atoms with E-state index in [1.807, 2.05) is 0 Å². The summed E-state index contributed by atoms with van der Waals surface area (Å²) in [5.74, 6) is 0.649. The van der Waals surface area contributed by atoms with Crippen molar-refractivity contribution in [3.8, 4) is 22.3 Å². The molecule has 1 heterocycles. The van der Waals surface area contributed by atoms with Crippen molar-refractivity contribution in [2.24, 2.45) is 17.8 Å². The molecule has 0 amide bonds. The van der Waals surface area contributed by atoms with Crippen LogP contribution in [0.25, 0.3) is 33.4 Å². The average Bonchev–Trinajstić information content (AvgIpc) is 3.95. The fraction of sp³-hybridized carbons (Fsp3) is 0.156. The van der Waals surface area contributed by atoms with Gasteiger partial charge in [-0.1, -0.05) is 214 Å². The monoisotopic (exact) mass is 831 g/mol. The molecule has 5 unspecified atom stereocenters. The lowest BCUT2D eigenvalue weighted by Gasteiger charge is -2.57. The van der Waals surface area contributed by atoms with Gasteiger partial charge in [-0.25, -0.2) is 0 Å². The van der Waals surface area contributed by atoms with Gasteiger partial charge in [-0.05, 0) is 120 Å². The predicted octanol–water partition coefficient (Wildman–Crippen LogP) is 15.4. The second kappa shape index (κ2) is 13.0. The van der Waals surface area contributed by atoms with E-state index < -0.39 is 16.4 Å². The van der Waals surface area contributed by atoms with Crippen molar-refractivity contribution < 1.29 is 0 Å². The zero-order valence-corrected chi connectivity index (χ0v) is 37.3. The van der Waals surface area contributed by atoms with E-state index in [0.29, 0.717) is 0 Å². The average molecular weight is 832 g/mol. The molecule has 1 heteroatoms. The van der Waals surface area contributed by atoms with E-state index in [-0.39, 0.29) is 17.8 Å². The maximum absolute atomic E-state index is 2.84. The molecular formula is C64H49N. The van der Waals surface area contributed by atoms with Gasteiger partial charge in [0, 0.05) is 28.8 Å². The standard InChI is InChI=1S/C64H49N/c1-39-37-54(42-21-8-5-9-22-42)62(4)59-41(3)60-58(40(2)57(39)59)50-29-16-19-33-53(50)64(60)52-32-18-15-28-47(52)49-30-20-34-56(61(49)64)65(62)45-35-36-48-46-27-14-17-31-51(46)63(55(48)38-45,43-23-10-6-11-24-43)44-25-12-7-13-26-44/h5-41H,1-4H3. The molecule has 0 saturated heterocycles. The number of hydrogen-bond donors (Lipinski definition) is 0. The van der Waals surface area contributed by atoms with E-state index in [2.05, 4.69) is 239 Å². The van der Waals surface area contributed by atoms with Crippen molar-refractivity contribution >= 4 is 22.5 Å². The molecule has 0 radical (unpaired) electrons. The van der Waals surface area contributed by atoms with Gasteiger partial charge in [-0.3, -0.25) is 0 Å². The summed E-state index contributed by atoms with van der Waals surface area (Å²) in [6.45, 7) is 10.2. The van der Waals surface area contributed by atoms with E-state index in [0.717, 1.165) is 0 Å². The highest BCUT2D eigenvalue weighted by Crippen LogP contribution is 2.73. The fourth-order valence-corrected chi connectivity index (χ4v) is 14.9. The van der Waals surface area contributed by atoms with E-state index in [1.165, 1.54) is 89.3 Å². The fourth-order valence-electron chi connectivity index (χ4n) is 14.9. The van der Waals surface area contributed by atoms with Gasteiger partial charge in [0.25, 0.3) is 0 Å². The molecule has 65 heavy (non-hydrogen) atoms. The number of benzene rings is 8. The molecule has 310 valence electrons. The molecule has 1 aliphatic heterocycles. The summed E-state index contributed by atoms with van der Waals surface area (Å²) in [6.07, 6.45) is 2.64. The van der Waals surface area contributed by atoms with Crippen LogP contribution >= 0.6 is 0 Å². The van der Waals surface area contributed by atoms with Crippen molar-refractivity contribution in [2.45, 2.75) is 44.1 Å². The summed E-state index contributed by atoms with van der Waals surface area (Å²) in [5.41, 5.74) is 26.1. The first kappa shape index (κ1) is 37.2. The lowest BCUT2D eigenvalue weighted by molar-refractivity contribution is 0.488. The van der Waals surface area contributed by atoms with Crippen molar-refractivity contribution in [1.29, 1.82) is 0 Å². The largest absolute Gasteiger partial charge is 0.327 e. The third-order valence-corrected chi connectivity index (χ3v) is 16.9. The van der Waals surface area contributed by atoms with Crippen LogP contribution in [0.4, 0.5) is 11.4 Å². The molecule has 8 aromatic carbocycles. The molecular weight excluding hydrogens is 783 g/mol. The van der Waals surface area contributed by atoms with Crippen LogP contribution in [0.2, 0.25) is 0 Å². The van der Waals surface area contributed by atoms with Gasteiger partial charge < -0.3 is 4.90 Å². The third kappa shape index (κ3) is 4.31. The zero-order valence-electron chi connectivity index (χ0n) is 37.3. The Morgan fingerprint density at radius 1 is 0.431 bits per heavy atom. The van der Waals surface area contributed by atoms with Gasteiger partial charge in [0.05, 0.1) is 16.4 Å². The van der Waals surface area contributed by atoms with E-state index in [4.69, 9.17) is 0 Å². The molecule has 2 bridgehead atoms. The minimum absolute atomic E-state index is 0.157. The lowest BCUT2D eigenvalue weighted by Crippen LogP contribution is -2.54. The van der Waals surface area contributed by atoms with Gasteiger partial charge in [0.1, 0.15) is 0 Å². The summed E-state index contributed by atoms with van der Waals surface area (Å²) >= 11 is 0. The molecule has 1 spiro atoms. The quantitative estimate of drug-likeness (QED) is 0.160. The highest BCUT2D eigenvalue weighted by molar-refractivity contribution is 6.03. The van der Waals surface area contributed by atoms with Gasteiger partial charge >= 0.3 is 0 Å². The third-order valence-electron chi connectivity index (χ3n) is 16.9. The molecule has 0 aromatic heterocycles. The number of hydrogen-bond acceptors (Lipinski definition) is 1. The predicted molar refractivity (Wildman–Crippen MR) is 268 cm³/mol. The Hall–Kier alpha value is -7.22. The van der Waals surface area contributed by atoms with Crippen LogP contribution < -0.4 is 4.90 Å². The SMILES string of the molecule is CC1C=C(c2ccccc2)C2(C)C3=C1C(C)C1=C(C3C)C3(c4ccccc41)c1ccccc1-c1cccc(c13)N2c1ccc2c(c1)C(c1ccccc1)(c1ccccc1)c1ccccc1-2. The Bertz CT molecular complexity index is 3400. The van der Waals surface area contributed by atoms with Crippen LogP contribution in [-0.4, -0.2) is 5.54 Å². The van der Waals surface area contributed by atoms with Gasteiger partial charge in [0.15, 0.2) is 0 Å². The van der Waals surface area contributed by atoms with Crippen LogP contribution in [0, 0.1) is 17.8 Å². The normalized spacial score (nSPS) is 24.3. The highest BCUT2D eigenvalue weighted by atomic mass is 15.2. The molecule has 0 N–H and O–H groups in total. The molecule has 0 saturated carbocycles. The summed E-state index contributed by atoms with van der Waals surface area (Å²) in [7, 11) is 0. The molecule has 1 nitrogen and oxygen atoms in total. The molecule has 6 aliphatic rings. The van der Waals surface area contributed by atoms with Gasteiger partial charge in [-0.2, -0.15) is 0 Å². The summed E-state index contributed by atoms with van der Waals surface area (Å²) in [5, 5.41) is 0. The highest BCUT2D eigenvalue weighted by Gasteiger charge is 2.63. The van der Waals surface area contributed by atoms with Crippen molar-refractivity contribution in [2.75, 3.05) is 4.90 Å². The number of rotatable bonds is 4. The van der Waals surface area contributed by atoms with Gasteiger partial charge in [-0.15, -0.1) is 0 Å². The molecule has 5 atom stereocenters. The van der Waals surface area contributed by atoms with Crippen molar-refractivity contribution in [3.63, 3.8) is 0 Å². The number of nitrogens with zero attached hydrogens (tertiary/aromatic N) is 1. The molecule has 5 aliphatic carbocycles. The minimum Gasteiger partial charge on any atom is -0.327 e. The first-order valence-electron chi connectivity index (χ1n) is 23.7. The summed E-state index contributed by atoms with van der Waals surface area (Å²) in [6, 6.07) is 76.7. The Labute approximate surface area is 382 Å². The first-order valence-corrected chi connectivity index (χ1v) is 23.7. The molecule has 8 aromatic rings. The van der Waals surface area contributed by atoms with Crippen LogP contribution in [0.1, 0.15) is 77.8 Å². The number of anilines is 2. The first-order chi connectivity index (χ1) is 31.9. The van der Waals surface area contributed by atoms with E-state index in [1.54, 1.807) is 22.3 Å². The maximum atomic E-state index is 2.84. The van der Waals surface area contributed by atoms with Crippen LogP contribution in [0.15, 0.2) is 223 Å². The lowest BCUT2D eigenvalue weighted by atomic mass is 9.54. The van der Waals surface area contributed by atoms with Crippen LogP contribution in [0.3, 0.4) is 0 Å². The van der Waals surface area contributed by atoms with Gasteiger partial charge in [0.2, 0.25) is 0 Å². The molecule has 14 rings (SSSR count). The topological polar surface area (TPSA) is 3.24 Å². The smallest absolute Gasteiger partial charge is 0.0898 e. The Kier molecular flexibility index (Phi) is 7.41. The van der Waals surface area contributed by atoms with Crippen molar-refractivity contribution in [3.05, 3.63) is 273 Å². The number of fused-ring (bicyclic) bond motifs is 7.